The molecule has 132 valence electrons. The number of amides is 1. The zero-order valence-corrected chi connectivity index (χ0v) is 15.0. The lowest BCUT2D eigenvalue weighted by Crippen LogP contribution is -2.37. The second-order valence-corrected chi connectivity index (χ2v) is 7.34. The Balaban J connectivity index is 1.41. The van der Waals surface area contributed by atoms with Crippen molar-refractivity contribution in [1.82, 2.24) is 4.90 Å². The molecule has 1 saturated heterocycles. The van der Waals surface area contributed by atoms with Crippen molar-refractivity contribution in [3.63, 3.8) is 0 Å². The molecule has 3 rings (SSSR count). The number of fused-ring (bicyclic) bond motifs is 1. The lowest BCUT2D eigenvalue weighted by molar-refractivity contribution is -0.131. The minimum Gasteiger partial charge on any atom is -0.486 e. The lowest BCUT2D eigenvalue weighted by atomic mass is 10.1. The molecule has 24 heavy (non-hydrogen) atoms. The van der Waals surface area contributed by atoms with Crippen LogP contribution in [0.5, 0.6) is 11.5 Å². The van der Waals surface area contributed by atoms with Crippen LogP contribution < -0.4 is 9.47 Å². The van der Waals surface area contributed by atoms with E-state index in [1.54, 1.807) is 16.7 Å². The summed E-state index contributed by atoms with van der Waals surface area (Å²) in [4.78, 5) is 15.2. The van der Waals surface area contributed by atoms with Gasteiger partial charge in [-0.05, 0) is 37.5 Å². The van der Waals surface area contributed by atoms with Gasteiger partial charge in [-0.15, -0.1) is 11.8 Å². The van der Waals surface area contributed by atoms with E-state index in [4.69, 9.17) is 14.2 Å². The summed E-state index contributed by atoms with van der Waals surface area (Å²) in [6, 6.07) is 5.94. The van der Waals surface area contributed by atoms with Gasteiger partial charge in [-0.3, -0.25) is 4.79 Å². The first-order valence-electron chi connectivity index (χ1n) is 8.60. The molecule has 0 aromatic heterocycles. The maximum Gasteiger partial charge on any atom is 0.223 e. The first-order valence-corrected chi connectivity index (χ1v) is 9.59. The van der Waals surface area contributed by atoms with Crippen LogP contribution in [0.3, 0.4) is 0 Å². The van der Waals surface area contributed by atoms with Gasteiger partial charge in [0.25, 0.3) is 0 Å². The van der Waals surface area contributed by atoms with E-state index in [1.165, 1.54) is 6.42 Å². The van der Waals surface area contributed by atoms with Crippen LogP contribution in [0.25, 0.3) is 0 Å². The average Bonchev–Trinajstić information content (AvgIpc) is 2.62. The third-order valence-corrected chi connectivity index (χ3v) is 5.27. The predicted molar refractivity (Wildman–Crippen MR) is 94.0 cm³/mol. The molecule has 0 aliphatic carbocycles. The SMILES string of the molecule is CN(C[C@H]1CCCCO1)C(=O)CCSc1ccc2c(c1)OCCO2. The number of carbonyl (C=O) groups excluding carboxylic acids is 1. The number of hydrogen-bond donors (Lipinski definition) is 0. The quantitative estimate of drug-likeness (QED) is 0.738. The van der Waals surface area contributed by atoms with E-state index in [0.29, 0.717) is 26.2 Å². The van der Waals surface area contributed by atoms with Gasteiger partial charge in [0.1, 0.15) is 13.2 Å². The van der Waals surface area contributed by atoms with E-state index in [1.807, 2.05) is 25.2 Å². The van der Waals surface area contributed by atoms with Crippen molar-refractivity contribution in [3.8, 4) is 11.5 Å². The maximum atomic E-state index is 12.3. The molecule has 1 fully saturated rings. The normalized spacial score (nSPS) is 19.8. The Morgan fingerprint density at radius 1 is 1.21 bits per heavy atom. The van der Waals surface area contributed by atoms with Crippen molar-refractivity contribution in [2.75, 3.05) is 39.2 Å². The van der Waals surface area contributed by atoms with Crippen LogP contribution in [-0.4, -0.2) is 56.1 Å². The molecule has 0 N–H and O–H groups in total. The Hall–Kier alpha value is -1.40. The van der Waals surface area contributed by atoms with Gasteiger partial charge in [-0.2, -0.15) is 0 Å². The van der Waals surface area contributed by atoms with E-state index < -0.39 is 0 Å². The van der Waals surface area contributed by atoms with Gasteiger partial charge in [0, 0.05) is 37.3 Å². The third-order valence-electron chi connectivity index (χ3n) is 4.28. The predicted octanol–water partition coefficient (Wildman–Crippen LogP) is 2.97. The molecule has 2 heterocycles. The summed E-state index contributed by atoms with van der Waals surface area (Å²) < 4.78 is 16.8. The number of hydrogen-bond acceptors (Lipinski definition) is 5. The van der Waals surface area contributed by atoms with Gasteiger partial charge in [0.2, 0.25) is 5.91 Å². The Morgan fingerprint density at radius 2 is 2.04 bits per heavy atom. The summed E-state index contributed by atoms with van der Waals surface area (Å²) in [6.07, 6.45) is 4.14. The number of benzene rings is 1. The monoisotopic (exact) mass is 351 g/mol. The van der Waals surface area contributed by atoms with Crippen molar-refractivity contribution >= 4 is 17.7 Å². The molecule has 1 amide bonds. The molecule has 2 aliphatic heterocycles. The molecule has 2 aliphatic rings. The van der Waals surface area contributed by atoms with Crippen LogP contribution in [-0.2, 0) is 9.53 Å². The number of thioether (sulfide) groups is 1. The average molecular weight is 351 g/mol. The molecule has 1 aromatic carbocycles. The van der Waals surface area contributed by atoms with Gasteiger partial charge in [0.15, 0.2) is 11.5 Å². The van der Waals surface area contributed by atoms with Gasteiger partial charge in [-0.25, -0.2) is 0 Å². The first-order chi connectivity index (χ1) is 11.7. The number of likely N-dealkylation sites (N-methyl/N-ethyl adjacent to an activating group) is 1. The van der Waals surface area contributed by atoms with Crippen LogP contribution >= 0.6 is 11.8 Å². The van der Waals surface area contributed by atoms with Crippen LogP contribution in [0, 0.1) is 0 Å². The zero-order chi connectivity index (χ0) is 16.8. The fourth-order valence-electron chi connectivity index (χ4n) is 2.92. The van der Waals surface area contributed by atoms with Gasteiger partial charge in [0.05, 0.1) is 6.10 Å². The minimum atomic E-state index is 0.175. The molecular weight excluding hydrogens is 326 g/mol. The Labute approximate surface area is 147 Å². The molecule has 0 spiro atoms. The smallest absolute Gasteiger partial charge is 0.223 e. The van der Waals surface area contributed by atoms with E-state index >= 15 is 0 Å². The molecular formula is C18H25NO4S. The number of carbonyl (C=O) groups is 1. The molecule has 0 saturated carbocycles. The second kappa shape index (κ2) is 8.62. The standard InChI is InChI=1S/C18H25NO4S/c1-19(13-14-4-2-3-8-21-14)18(20)7-11-24-15-5-6-16-17(12-15)23-10-9-22-16/h5-6,12,14H,2-4,7-11,13H2,1H3/t14-/m1/s1. The Kier molecular flexibility index (Phi) is 6.26. The summed E-state index contributed by atoms with van der Waals surface area (Å²) in [5.41, 5.74) is 0. The molecule has 0 radical (unpaired) electrons. The van der Waals surface area contributed by atoms with Crippen LogP contribution in [0.2, 0.25) is 0 Å². The molecule has 1 atom stereocenters. The summed E-state index contributed by atoms with van der Waals surface area (Å²) in [5.74, 6) is 2.53. The lowest BCUT2D eigenvalue weighted by Gasteiger charge is -2.27. The van der Waals surface area contributed by atoms with E-state index in [2.05, 4.69) is 0 Å². The van der Waals surface area contributed by atoms with Crippen molar-refractivity contribution in [1.29, 1.82) is 0 Å². The first kappa shape index (κ1) is 17.4. The molecule has 1 aromatic rings. The Bertz CT molecular complexity index is 560. The summed E-state index contributed by atoms with van der Waals surface area (Å²) in [6.45, 7) is 2.72. The van der Waals surface area contributed by atoms with E-state index in [9.17, 15) is 4.79 Å². The molecule has 0 unspecified atom stereocenters. The second-order valence-electron chi connectivity index (χ2n) is 6.17. The zero-order valence-electron chi connectivity index (χ0n) is 14.2. The fraction of sp³-hybridized carbons (Fsp3) is 0.611. The molecule has 5 nitrogen and oxygen atoms in total. The fourth-order valence-corrected chi connectivity index (χ4v) is 3.79. The largest absolute Gasteiger partial charge is 0.486 e. The van der Waals surface area contributed by atoms with Crippen molar-refractivity contribution in [3.05, 3.63) is 18.2 Å². The number of rotatable bonds is 6. The number of ether oxygens (including phenoxy) is 3. The highest BCUT2D eigenvalue weighted by Gasteiger charge is 2.18. The topological polar surface area (TPSA) is 48.0 Å². The summed E-state index contributed by atoms with van der Waals surface area (Å²) >= 11 is 1.67. The van der Waals surface area contributed by atoms with Gasteiger partial charge >= 0.3 is 0 Å². The van der Waals surface area contributed by atoms with Crippen LogP contribution in [0.15, 0.2) is 23.1 Å². The minimum absolute atomic E-state index is 0.175. The van der Waals surface area contributed by atoms with Gasteiger partial charge in [-0.1, -0.05) is 0 Å². The summed E-state index contributed by atoms with van der Waals surface area (Å²) in [5, 5.41) is 0. The maximum absolute atomic E-state index is 12.3. The van der Waals surface area contributed by atoms with Crippen LogP contribution in [0.1, 0.15) is 25.7 Å². The van der Waals surface area contributed by atoms with Crippen LogP contribution in [0.4, 0.5) is 0 Å². The van der Waals surface area contributed by atoms with Crippen molar-refractivity contribution < 1.29 is 19.0 Å². The van der Waals surface area contributed by atoms with E-state index in [0.717, 1.165) is 41.6 Å². The van der Waals surface area contributed by atoms with Crippen molar-refractivity contribution in [2.24, 2.45) is 0 Å². The highest BCUT2D eigenvalue weighted by atomic mass is 32.2. The number of nitrogens with zero attached hydrogens (tertiary/aromatic N) is 1. The molecule has 0 bridgehead atoms. The van der Waals surface area contributed by atoms with E-state index in [-0.39, 0.29) is 12.0 Å². The highest BCUT2D eigenvalue weighted by molar-refractivity contribution is 7.99. The van der Waals surface area contributed by atoms with Gasteiger partial charge < -0.3 is 19.1 Å². The Morgan fingerprint density at radius 3 is 2.83 bits per heavy atom. The summed E-state index contributed by atoms with van der Waals surface area (Å²) in [7, 11) is 1.87. The highest BCUT2D eigenvalue weighted by Crippen LogP contribution is 2.34. The molecule has 6 heteroatoms. The van der Waals surface area contributed by atoms with Crippen molar-refractivity contribution in [2.45, 2.75) is 36.7 Å². The third kappa shape index (κ3) is 4.80.